The van der Waals surface area contributed by atoms with Gasteiger partial charge in [-0.15, -0.1) is 0 Å². The molecule has 98 valence electrons. The van der Waals surface area contributed by atoms with Gasteiger partial charge in [-0.2, -0.15) is 0 Å². The third kappa shape index (κ3) is 3.12. The van der Waals surface area contributed by atoms with Crippen LogP contribution in [0.2, 0.25) is 0 Å². The minimum atomic E-state index is 0.0878. The molecule has 1 heterocycles. The number of carbonyl (C=O) groups is 1. The third-order valence-corrected chi connectivity index (χ3v) is 4.18. The monoisotopic (exact) mass is 240 g/mol. The molecule has 1 saturated heterocycles. The molecule has 3 atom stereocenters. The molecule has 0 bridgehead atoms. The minimum absolute atomic E-state index is 0.0878. The number of likely N-dealkylation sites (tertiary alicyclic amines) is 1. The first kappa shape index (κ1) is 12.7. The maximum atomic E-state index is 12.0. The maximum absolute atomic E-state index is 12.0. The predicted octanol–water partition coefficient (Wildman–Crippen LogP) is 1.59. The molecule has 1 aliphatic heterocycles. The second-order valence-corrected chi connectivity index (χ2v) is 5.57. The van der Waals surface area contributed by atoms with E-state index in [2.05, 4.69) is 5.32 Å². The largest absolute Gasteiger partial charge is 0.396 e. The number of amides is 2. The first-order valence-electron chi connectivity index (χ1n) is 6.87. The van der Waals surface area contributed by atoms with Crippen LogP contribution in [-0.4, -0.2) is 41.8 Å². The van der Waals surface area contributed by atoms with E-state index in [1.807, 2.05) is 11.8 Å². The van der Waals surface area contributed by atoms with Gasteiger partial charge < -0.3 is 15.3 Å². The number of hydrogen-bond acceptors (Lipinski definition) is 2. The lowest BCUT2D eigenvalue weighted by Gasteiger charge is -2.21. The number of rotatable bonds is 4. The summed E-state index contributed by atoms with van der Waals surface area (Å²) in [5.41, 5.74) is 0. The number of urea groups is 1. The lowest BCUT2D eigenvalue weighted by atomic mass is 10.0. The van der Waals surface area contributed by atoms with Crippen LogP contribution in [0.25, 0.3) is 0 Å². The Morgan fingerprint density at radius 3 is 2.65 bits per heavy atom. The van der Waals surface area contributed by atoms with Crippen LogP contribution in [0.15, 0.2) is 0 Å². The van der Waals surface area contributed by atoms with Crippen molar-refractivity contribution in [1.82, 2.24) is 10.2 Å². The summed E-state index contributed by atoms with van der Waals surface area (Å²) < 4.78 is 0. The molecule has 2 aliphatic rings. The summed E-state index contributed by atoms with van der Waals surface area (Å²) in [7, 11) is 0. The van der Waals surface area contributed by atoms with E-state index in [1.165, 1.54) is 19.3 Å². The summed E-state index contributed by atoms with van der Waals surface area (Å²) in [5.74, 6) is 1.52. The number of fused-ring (bicyclic) bond motifs is 1. The lowest BCUT2D eigenvalue weighted by Crippen LogP contribution is -2.43. The standard InChI is InChI=1S/C13H24N2O2/c1-10(4-3-7-16)14-13(17)15-8-11-5-2-6-12(11)9-15/h10-12,16H,2-9H2,1H3,(H,14,17). The number of aliphatic hydroxyl groups is 1. The SMILES string of the molecule is CC(CCCO)NC(=O)N1CC2CCCC2C1. The van der Waals surface area contributed by atoms with Gasteiger partial charge in [-0.1, -0.05) is 6.42 Å². The highest BCUT2D eigenvalue weighted by molar-refractivity contribution is 5.74. The molecule has 0 radical (unpaired) electrons. The summed E-state index contributed by atoms with van der Waals surface area (Å²) in [6, 6.07) is 0.250. The van der Waals surface area contributed by atoms with Crippen molar-refractivity contribution in [3.63, 3.8) is 0 Å². The summed E-state index contributed by atoms with van der Waals surface area (Å²) in [5, 5.41) is 11.8. The number of carbonyl (C=O) groups excluding carboxylic acids is 1. The zero-order valence-electron chi connectivity index (χ0n) is 10.7. The van der Waals surface area contributed by atoms with Gasteiger partial charge in [0, 0.05) is 25.7 Å². The van der Waals surface area contributed by atoms with Crippen molar-refractivity contribution in [2.75, 3.05) is 19.7 Å². The number of hydrogen-bond donors (Lipinski definition) is 2. The Morgan fingerprint density at radius 1 is 1.41 bits per heavy atom. The molecule has 0 aromatic rings. The predicted molar refractivity (Wildman–Crippen MR) is 66.7 cm³/mol. The van der Waals surface area contributed by atoms with Crippen LogP contribution in [0, 0.1) is 11.8 Å². The minimum Gasteiger partial charge on any atom is -0.396 e. The van der Waals surface area contributed by atoms with Crippen molar-refractivity contribution in [3.8, 4) is 0 Å². The normalized spacial score (nSPS) is 29.2. The van der Waals surface area contributed by atoms with Crippen molar-refractivity contribution in [2.24, 2.45) is 11.8 Å². The number of aliphatic hydroxyl groups excluding tert-OH is 1. The van der Waals surface area contributed by atoms with Gasteiger partial charge >= 0.3 is 6.03 Å². The van der Waals surface area contributed by atoms with E-state index in [9.17, 15) is 4.79 Å². The van der Waals surface area contributed by atoms with Crippen LogP contribution in [-0.2, 0) is 0 Å². The number of nitrogens with one attached hydrogen (secondary N) is 1. The second-order valence-electron chi connectivity index (χ2n) is 5.57. The van der Waals surface area contributed by atoms with E-state index in [1.54, 1.807) is 0 Å². The Bertz CT molecular complexity index is 258. The van der Waals surface area contributed by atoms with E-state index in [0.29, 0.717) is 0 Å². The fourth-order valence-corrected chi connectivity index (χ4v) is 3.17. The fraction of sp³-hybridized carbons (Fsp3) is 0.923. The Balaban J connectivity index is 1.73. The lowest BCUT2D eigenvalue weighted by molar-refractivity contribution is 0.199. The molecule has 0 spiro atoms. The highest BCUT2D eigenvalue weighted by atomic mass is 16.3. The van der Waals surface area contributed by atoms with Gasteiger partial charge in [0.25, 0.3) is 0 Å². The van der Waals surface area contributed by atoms with Gasteiger partial charge in [-0.05, 0) is 44.4 Å². The summed E-state index contributed by atoms with van der Waals surface area (Å²) in [4.78, 5) is 14.0. The van der Waals surface area contributed by atoms with Crippen LogP contribution in [0.4, 0.5) is 4.79 Å². The van der Waals surface area contributed by atoms with Gasteiger partial charge in [-0.3, -0.25) is 0 Å². The third-order valence-electron chi connectivity index (χ3n) is 4.18. The molecular weight excluding hydrogens is 216 g/mol. The second kappa shape index (κ2) is 5.71. The van der Waals surface area contributed by atoms with Crippen LogP contribution in [0.3, 0.4) is 0 Å². The molecule has 4 heteroatoms. The molecule has 3 unspecified atom stereocenters. The molecule has 2 rings (SSSR count). The quantitative estimate of drug-likeness (QED) is 0.784. The van der Waals surface area contributed by atoms with Gasteiger partial charge in [0.1, 0.15) is 0 Å². The van der Waals surface area contributed by atoms with Crippen LogP contribution in [0.5, 0.6) is 0 Å². The maximum Gasteiger partial charge on any atom is 0.317 e. The van der Waals surface area contributed by atoms with E-state index in [0.717, 1.165) is 37.8 Å². The van der Waals surface area contributed by atoms with Crippen LogP contribution >= 0.6 is 0 Å². The average molecular weight is 240 g/mol. The Kier molecular flexibility index (Phi) is 4.26. The topological polar surface area (TPSA) is 52.6 Å². The molecule has 17 heavy (non-hydrogen) atoms. The van der Waals surface area contributed by atoms with Crippen molar-refractivity contribution < 1.29 is 9.90 Å². The van der Waals surface area contributed by atoms with Gasteiger partial charge in [0.15, 0.2) is 0 Å². The molecule has 1 aliphatic carbocycles. The fourth-order valence-electron chi connectivity index (χ4n) is 3.17. The zero-order valence-corrected chi connectivity index (χ0v) is 10.7. The van der Waals surface area contributed by atoms with Gasteiger partial charge in [0.2, 0.25) is 0 Å². The highest BCUT2D eigenvalue weighted by Crippen LogP contribution is 2.37. The van der Waals surface area contributed by atoms with E-state index < -0.39 is 0 Å². The zero-order chi connectivity index (χ0) is 12.3. The van der Waals surface area contributed by atoms with Gasteiger partial charge in [-0.25, -0.2) is 4.79 Å². The molecule has 0 aromatic carbocycles. The summed E-state index contributed by atoms with van der Waals surface area (Å²) >= 11 is 0. The van der Waals surface area contributed by atoms with Crippen LogP contribution in [0.1, 0.15) is 39.0 Å². The molecule has 1 saturated carbocycles. The molecule has 2 N–H and O–H groups in total. The van der Waals surface area contributed by atoms with E-state index in [4.69, 9.17) is 5.11 Å². The first-order valence-corrected chi connectivity index (χ1v) is 6.87. The van der Waals surface area contributed by atoms with Crippen molar-refractivity contribution in [3.05, 3.63) is 0 Å². The molecule has 0 aromatic heterocycles. The highest BCUT2D eigenvalue weighted by Gasteiger charge is 2.38. The Labute approximate surface area is 103 Å². The van der Waals surface area contributed by atoms with E-state index >= 15 is 0 Å². The summed E-state index contributed by atoms with van der Waals surface area (Å²) in [6.45, 7) is 4.10. The average Bonchev–Trinajstić information content (AvgIpc) is 2.86. The van der Waals surface area contributed by atoms with Gasteiger partial charge in [0.05, 0.1) is 0 Å². The van der Waals surface area contributed by atoms with E-state index in [-0.39, 0.29) is 18.7 Å². The molecule has 2 amide bonds. The van der Waals surface area contributed by atoms with Crippen molar-refractivity contribution in [2.45, 2.75) is 45.1 Å². The van der Waals surface area contributed by atoms with Crippen molar-refractivity contribution >= 4 is 6.03 Å². The Hall–Kier alpha value is -0.770. The Morgan fingerprint density at radius 2 is 2.06 bits per heavy atom. The van der Waals surface area contributed by atoms with Crippen LogP contribution < -0.4 is 5.32 Å². The molecule has 2 fully saturated rings. The number of nitrogens with zero attached hydrogens (tertiary/aromatic N) is 1. The summed E-state index contributed by atoms with van der Waals surface area (Å²) in [6.07, 6.45) is 5.55. The van der Waals surface area contributed by atoms with Crippen molar-refractivity contribution in [1.29, 1.82) is 0 Å². The smallest absolute Gasteiger partial charge is 0.317 e. The molecular formula is C13H24N2O2. The first-order chi connectivity index (χ1) is 8.20. The molecule has 4 nitrogen and oxygen atoms in total.